The van der Waals surface area contributed by atoms with Gasteiger partial charge in [0.15, 0.2) is 0 Å². The molecule has 0 saturated heterocycles. The maximum atomic E-state index is 11.8. The van der Waals surface area contributed by atoms with Crippen LogP contribution in [0, 0.1) is 10.1 Å². The van der Waals surface area contributed by atoms with Gasteiger partial charge < -0.3 is 4.74 Å². The van der Waals surface area contributed by atoms with Crippen LogP contribution in [0.3, 0.4) is 0 Å². The zero-order valence-electron chi connectivity index (χ0n) is 10.2. The van der Waals surface area contributed by atoms with Crippen LogP contribution in [-0.2, 0) is 4.74 Å². The lowest BCUT2D eigenvalue weighted by Crippen LogP contribution is -2.07. The Labute approximate surface area is 119 Å². The normalized spacial score (nSPS) is 11.7. The summed E-state index contributed by atoms with van der Waals surface area (Å²) in [6.45, 7) is 0. The molecule has 20 heavy (non-hydrogen) atoms. The van der Waals surface area contributed by atoms with E-state index in [9.17, 15) is 14.9 Å². The highest BCUT2D eigenvalue weighted by Gasteiger charge is 2.16. The lowest BCUT2D eigenvalue weighted by molar-refractivity contribution is -0.384. The van der Waals surface area contributed by atoms with Gasteiger partial charge >= 0.3 is 5.97 Å². The molecule has 0 amide bonds. The minimum absolute atomic E-state index is 0.0907. The van der Waals surface area contributed by atoms with E-state index in [4.69, 9.17) is 16.3 Å². The third-order valence-electron chi connectivity index (χ3n) is 2.59. The van der Waals surface area contributed by atoms with Crippen LogP contribution in [0.1, 0.15) is 21.5 Å². The van der Waals surface area contributed by atoms with Gasteiger partial charge in [-0.15, -0.1) is 0 Å². The molecular formula is C14H10ClNO4. The number of ether oxygens (including phenoxy) is 1. The summed E-state index contributed by atoms with van der Waals surface area (Å²) in [4.78, 5) is 21.8. The Kier molecular flexibility index (Phi) is 4.32. The van der Waals surface area contributed by atoms with Crippen molar-refractivity contribution in [2.45, 2.75) is 5.56 Å². The van der Waals surface area contributed by atoms with Gasteiger partial charge in [-0.1, -0.05) is 41.9 Å². The SMILES string of the molecule is O=C(OC(Cl)c1ccccc1)c1ccc([N+](=O)[O-])cc1. The van der Waals surface area contributed by atoms with Gasteiger partial charge in [0.2, 0.25) is 5.56 Å². The van der Waals surface area contributed by atoms with Gasteiger partial charge in [0.25, 0.3) is 5.69 Å². The van der Waals surface area contributed by atoms with Gasteiger partial charge in [-0.05, 0) is 12.1 Å². The summed E-state index contributed by atoms with van der Waals surface area (Å²) in [5, 5.41) is 10.5. The van der Waals surface area contributed by atoms with Crippen molar-refractivity contribution in [3.05, 3.63) is 75.8 Å². The summed E-state index contributed by atoms with van der Waals surface area (Å²) < 4.78 is 5.08. The molecular weight excluding hydrogens is 282 g/mol. The smallest absolute Gasteiger partial charge is 0.339 e. The van der Waals surface area contributed by atoms with E-state index in [0.717, 1.165) is 0 Å². The molecule has 0 aliphatic carbocycles. The van der Waals surface area contributed by atoms with E-state index in [2.05, 4.69) is 0 Å². The van der Waals surface area contributed by atoms with Crippen LogP contribution in [0.2, 0.25) is 0 Å². The van der Waals surface area contributed by atoms with E-state index >= 15 is 0 Å². The van der Waals surface area contributed by atoms with Crippen molar-refractivity contribution in [1.82, 2.24) is 0 Å². The average Bonchev–Trinajstić information content (AvgIpc) is 2.48. The summed E-state index contributed by atoms with van der Waals surface area (Å²) in [7, 11) is 0. The van der Waals surface area contributed by atoms with Crippen molar-refractivity contribution < 1.29 is 14.5 Å². The van der Waals surface area contributed by atoms with Crippen molar-refractivity contribution >= 4 is 23.3 Å². The highest BCUT2D eigenvalue weighted by atomic mass is 35.5. The van der Waals surface area contributed by atoms with Gasteiger partial charge in [-0.3, -0.25) is 10.1 Å². The molecule has 0 N–H and O–H groups in total. The monoisotopic (exact) mass is 291 g/mol. The summed E-state index contributed by atoms with van der Waals surface area (Å²) in [5.74, 6) is -0.635. The van der Waals surface area contributed by atoms with Gasteiger partial charge in [-0.2, -0.15) is 0 Å². The Morgan fingerprint density at radius 1 is 1.10 bits per heavy atom. The summed E-state index contributed by atoms with van der Waals surface area (Å²) >= 11 is 5.98. The maximum Gasteiger partial charge on any atom is 0.339 e. The first-order valence-electron chi connectivity index (χ1n) is 5.72. The third-order valence-corrected chi connectivity index (χ3v) is 2.93. The topological polar surface area (TPSA) is 69.4 Å². The van der Waals surface area contributed by atoms with Crippen molar-refractivity contribution in [1.29, 1.82) is 0 Å². The fourth-order valence-corrected chi connectivity index (χ4v) is 1.78. The predicted molar refractivity (Wildman–Crippen MR) is 73.5 cm³/mol. The molecule has 2 aromatic rings. The molecule has 0 heterocycles. The standard InChI is InChI=1S/C14H10ClNO4/c15-13(10-4-2-1-3-5-10)20-14(17)11-6-8-12(9-7-11)16(18)19/h1-9,13H. The predicted octanol–water partition coefficient (Wildman–Crippen LogP) is 3.69. The van der Waals surface area contributed by atoms with E-state index in [1.807, 2.05) is 6.07 Å². The van der Waals surface area contributed by atoms with Gasteiger partial charge in [0.1, 0.15) is 0 Å². The molecule has 0 fully saturated rings. The number of carbonyl (C=O) groups is 1. The van der Waals surface area contributed by atoms with E-state index in [1.54, 1.807) is 24.3 Å². The van der Waals surface area contributed by atoms with Crippen LogP contribution in [-0.4, -0.2) is 10.9 Å². The number of hydrogen-bond acceptors (Lipinski definition) is 4. The number of alkyl halides is 1. The van der Waals surface area contributed by atoms with E-state index in [0.29, 0.717) is 5.56 Å². The Hall–Kier alpha value is -2.40. The van der Waals surface area contributed by atoms with E-state index < -0.39 is 16.5 Å². The average molecular weight is 292 g/mol. The highest BCUT2D eigenvalue weighted by molar-refractivity contribution is 6.20. The fraction of sp³-hybridized carbons (Fsp3) is 0.0714. The lowest BCUT2D eigenvalue weighted by Gasteiger charge is -2.11. The molecule has 1 unspecified atom stereocenters. The molecule has 6 heteroatoms. The largest absolute Gasteiger partial charge is 0.438 e. The number of carbonyl (C=O) groups excluding carboxylic acids is 1. The number of esters is 1. The second-order valence-corrected chi connectivity index (χ2v) is 4.33. The third kappa shape index (κ3) is 3.33. The van der Waals surface area contributed by atoms with Crippen LogP contribution in [0.4, 0.5) is 5.69 Å². The number of benzene rings is 2. The van der Waals surface area contributed by atoms with Crippen LogP contribution >= 0.6 is 11.6 Å². The number of rotatable bonds is 4. The first-order chi connectivity index (χ1) is 9.58. The number of nitro benzene ring substituents is 1. The quantitative estimate of drug-likeness (QED) is 0.373. The van der Waals surface area contributed by atoms with Crippen molar-refractivity contribution in [2.24, 2.45) is 0 Å². The first kappa shape index (κ1) is 14.0. The zero-order valence-corrected chi connectivity index (χ0v) is 11.0. The Balaban J connectivity index is 2.06. The molecule has 102 valence electrons. The summed E-state index contributed by atoms with van der Waals surface area (Å²) in [6.07, 6.45) is 0. The number of hydrogen-bond donors (Lipinski definition) is 0. The number of nitrogens with zero attached hydrogens (tertiary/aromatic N) is 1. The summed E-state index contributed by atoms with van der Waals surface area (Å²) in [6, 6.07) is 14.0. The molecule has 0 aliphatic heterocycles. The molecule has 1 atom stereocenters. The Morgan fingerprint density at radius 3 is 2.25 bits per heavy atom. The van der Waals surface area contributed by atoms with Crippen LogP contribution in [0.15, 0.2) is 54.6 Å². The maximum absolute atomic E-state index is 11.8. The Morgan fingerprint density at radius 2 is 1.70 bits per heavy atom. The number of nitro groups is 1. The van der Waals surface area contributed by atoms with Gasteiger partial charge in [-0.25, -0.2) is 4.79 Å². The molecule has 2 rings (SSSR count). The van der Waals surface area contributed by atoms with Crippen LogP contribution in [0.5, 0.6) is 0 Å². The lowest BCUT2D eigenvalue weighted by atomic mass is 10.2. The molecule has 0 aliphatic rings. The van der Waals surface area contributed by atoms with E-state index in [1.165, 1.54) is 24.3 Å². The summed E-state index contributed by atoms with van der Waals surface area (Å²) in [5.41, 5.74) is -0.132. The van der Waals surface area contributed by atoms with Crippen molar-refractivity contribution in [2.75, 3.05) is 0 Å². The van der Waals surface area contributed by atoms with E-state index in [-0.39, 0.29) is 11.3 Å². The highest BCUT2D eigenvalue weighted by Crippen LogP contribution is 2.23. The molecule has 0 bridgehead atoms. The first-order valence-corrected chi connectivity index (χ1v) is 6.16. The second-order valence-electron chi connectivity index (χ2n) is 3.94. The van der Waals surface area contributed by atoms with Crippen molar-refractivity contribution in [3.8, 4) is 0 Å². The molecule has 0 aromatic heterocycles. The van der Waals surface area contributed by atoms with Gasteiger partial charge in [0.05, 0.1) is 10.5 Å². The molecule has 0 spiro atoms. The minimum Gasteiger partial charge on any atom is -0.438 e. The van der Waals surface area contributed by atoms with Crippen LogP contribution in [0.25, 0.3) is 0 Å². The number of non-ortho nitro benzene ring substituents is 1. The fourth-order valence-electron chi connectivity index (χ4n) is 1.55. The van der Waals surface area contributed by atoms with Crippen molar-refractivity contribution in [3.63, 3.8) is 0 Å². The molecule has 5 nitrogen and oxygen atoms in total. The second kappa shape index (κ2) is 6.16. The van der Waals surface area contributed by atoms with Crippen LogP contribution < -0.4 is 0 Å². The minimum atomic E-state index is -0.904. The molecule has 2 aromatic carbocycles. The van der Waals surface area contributed by atoms with Gasteiger partial charge in [0, 0.05) is 17.7 Å². The number of halogens is 1. The molecule has 0 radical (unpaired) electrons. The molecule has 0 saturated carbocycles. The Bertz CT molecular complexity index is 613. The zero-order chi connectivity index (χ0) is 14.5.